The maximum Gasteiger partial charge on any atom is 0.306 e. The molecule has 5 N–H and O–H groups in total. The summed E-state index contributed by atoms with van der Waals surface area (Å²) in [6.07, 6.45) is 4.41. The first-order valence-electron chi connectivity index (χ1n) is 9.10. The summed E-state index contributed by atoms with van der Waals surface area (Å²) in [7, 11) is 0. The van der Waals surface area contributed by atoms with Crippen LogP contribution in [0.15, 0.2) is 18.3 Å². The van der Waals surface area contributed by atoms with Crippen LogP contribution in [0.2, 0.25) is 0 Å². The summed E-state index contributed by atoms with van der Waals surface area (Å²) in [5.41, 5.74) is 5.93. The van der Waals surface area contributed by atoms with Crippen LogP contribution in [0.5, 0.6) is 0 Å². The zero-order chi connectivity index (χ0) is 18.7. The minimum Gasteiger partial charge on any atom is -0.481 e. The fourth-order valence-electron chi connectivity index (χ4n) is 4.04. The number of anilines is 1. The average Bonchev–Trinajstić information content (AvgIpc) is 2.62. The van der Waals surface area contributed by atoms with E-state index in [9.17, 15) is 9.90 Å². The van der Waals surface area contributed by atoms with Crippen LogP contribution < -0.4 is 10.6 Å². The lowest BCUT2D eigenvalue weighted by Gasteiger charge is -2.44. The van der Waals surface area contributed by atoms with Crippen LogP contribution in [0, 0.1) is 5.41 Å². The van der Waals surface area contributed by atoms with E-state index in [1.54, 1.807) is 12.3 Å². The molecule has 8 nitrogen and oxygen atoms in total. The molecule has 0 bridgehead atoms. The van der Waals surface area contributed by atoms with Crippen molar-refractivity contribution in [2.45, 2.75) is 43.7 Å². The van der Waals surface area contributed by atoms with Crippen LogP contribution in [0.1, 0.15) is 37.8 Å². The number of piperazine rings is 1. The number of nitrogens with one attached hydrogen (secondary N) is 1. The molecule has 0 atom stereocenters. The Kier molecular flexibility index (Phi) is 5.43. The van der Waals surface area contributed by atoms with Gasteiger partial charge in [-0.1, -0.05) is 0 Å². The van der Waals surface area contributed by atoms with E-state index in [0.29, 0.717) is 24.6 Å². The highest BCUT2D eigenvalue weighted by atomic mass is 16.4. The number of carbonyl (C=O) groups is 1. The third-order valence-corrected chi connectivity index (χ3v) is 5.59. The summed E-state index contributed by atoms with van der Waals surface area (Å²) in [4.78, 5) is 19.8. The zero-order valence-corrected chi connectivity index (χ0v) is 14.9. The Morgan fingerprint density at radius 1 is 1.27 bits per heavy atom. The lowest BCUT2D eigenvalue weighted by molar-refractivity contribution is -0.144. The molecule has 1 aromatic heterocycles. The van der Waals surface area contributed by atoms with Crippen molar-refractivity contribution in [3.8, 4) is 0 Å². The molecular formula is C18H27N5O3. The lowest BCUT2D eigenvalue weighted by atomic mass is 9.79. The smallest absolute Gasteiger partial charge is 0.306 e. The van der Waals surface area contributed by atoms with E-state index in [1.165, 1.54) is 0 Å². The quantitative estimate of drug-likeness (QED) is 0.448. The molecule has 142 valence electrons. The Hall–Kier alpha value is -2.19. The molecule has 2 aliphatic rings. The Bertz CT molecular complexity index is 647. The monoisotopic (exact) mass is 361 g/mol. The van der Waals surface area contributed by atoms with E-state index in [-0.39, 0.29) is 12.3 Å². The summed E-state index contributed by atoms with van der Waals surface area (Å²) < 4.78 is 0. The first-order valence-corrected chi connectivity index (χ1v) is 9.10. The standard InChI is InChI=1S/C18H27N5O3/c19-17(20)15-2-1-14(12-21-15)23-9-7-22(8-10-23)13-3-5-18(26,6-4-13)11-16(24)25/h1-2,12-13,26H,3-11H2,(H3,19,20)(H,24,25)/t13-,18-. The molecule has 8 heteroatoms. The Morgan fingerprint density at radius 2 is 1.92 bits per heavy atom. The number of nitrogens with two attached hydrogens (primary N) is 1. The summed E-state index contributed by atoms with van der Waals surface area (Å²) in [6.45, 7) is 3.68. The van der Waals surface area contributed by atoms with Crippen molar-refractivity contribution in [2.75, 3.05) is 31.1 Å². The number of amidine groups is 1. The highest BCUT2D eigenvalue weighted by molar-refractivity contribution is 5.93. The van der Waals surface area contributed by atoms with E-state index >= 15 is 0 Å². The maximum atomic E-state index is 10.9. The number of nitrogen functional groups attached to an aromatic ring is 1. The van der Waals surface area contributed by atoms with E-state index in [1.807, 2.05) is 6.07 Å². The number of aliphatic carboxylic acids is 1. The van der Waals surface area contributed by atoms with E-state index in [4.69, 9.17) is 16.2 Å². The van der Waals surface area contributed by atoms with Gasteiger partial charge >= 0.3 is 5.97 Å². The number of carboxylic acids is 1. The van der Waals surface area contributed by atoms with Crippen LogP contribution in [0.4, 0.5) is 5.69 Å². The van der Waals surface area contributed by atoms with E-state index in [2.05, 4.69) is 14.8 Å². The van der Waals surface area contributed by atoms with Crippen molar-refractivity contribution >= 4 is 17.5 Å². The third kappa shape index (κ3) is 4.31. The van der Waals surface area contributed by atoms with Crippen molar-refractivity contribution < 1.29 is 15.0 Å². The van der Waals surface area contributed by atoms with Gasteiger partial charge in [0.05, 0.1) is 23.9 Å². The molecule has 26 heavy (non-hydrogen) atoms. The van der Waals surface area contributed by atoms with Crippen molar-refractivity contribution in [3.05, 3.63) is 24.0 Å². The zero-order valence-electron chi connectivity index (χ0n) is 14.9. The highest BCUT2D eigenvalue weighted by Gasteiger charge is 2.37. The molecular weight excluding hydrogens is 334 g/mol. The highest BCUT2D eigenvalue weighted by Crippen LogP contribution is 2.34. The number of nitrogens with zero attached hydrogens (tertiary/aromatic N) is 3. The number of hydrogen-bond donors (Lipinski definition) is 4. The fourth-order valence-corrected chi connectivity index (χ4v) is 4.04. The second-order valence-corrected chi connectivity index (χ2v) is 7.36. The van der Waals surface area contributed by atoms with Crippen molar-refractivity contribution in [1.82, 2.24) is 9.88 Å². The minimum atomic E-state index is -1.03. The largest absolute Gasteiger partial charge is 0.481 e. The molecule has 0 radical (unpaired) electrons. The molecule has 2 fully saturated rings. The second-order valence-electron chi connectivity index (χ2n) is 7.36. The normalized spacial score (nSPS) is 27.3. The van der Waals surface area contributed by atoms with Gasteiger partial charge in [0, 0.05) is 32.2 Å². The van der Waals surface area contributed by atoms with Gasteiger partial charge in [-0.3, -0.25) is 20.1 Å². The van der Waals surface area contributed by atoms with Crippen molar-refractivity contribution in [3.63, 3.8) is 0 Å². The number of carboxylic acid groups (broad SMARTS) is 1. The van der Waals surface area contributed by atoms with Crippen LogP contribution in [-0.4, -0.2) is 69.7 Å². The number of aromatic nitrogens is 1. The molecule has 1 aliphatic heterocycles. The molecule has 1 saturated carbocycles. The molecule has 0 amide bonds. The molecule has 1 saturated heterocycles. The number of hydrogen-bond acceptors (Lipinski definition) is 6. The van der Waals surface area contributed by atoms with Crippen LogP contribution >= 0.6 is 0 Å². The molecule has 1 aromatic rings. The van der Waals surface area contributed by atoms with Crippen LogP contribution in [-0.2, 0) is 4.79 Å². The summed E-state index contributed by atoms with van der Waals surface area (Å²) >= 11 is 0. The molecule has 0 aromatic carbocycles. The molecule has 0 unspecified atom stereocenters. The van der Waals surface area contributed by atoms with Crippen molar-refractivity contribution in [2.24, 2.45) is 5.73 Å². The summed E-state index contributed by atoms with van der Waals surface area (Å²) in [5.74, 6) is -0.953. The number of rotatable bonds is 5. The number of aliphatic hydroxyl groups is 1. The predicted octanol–water partition coefficient (Wildman–Crippen LogP) is 0.636. The maximum absolute atomic E-state index is 10.9. The Balaban J connectivity index is 1.50. The Morgan fingerprint density at radius 3 is 2.42 bits per heavy atom. The van der Waals surface area contributed by atoms with Gasteiger partial charge in [0.15, 0.2) is 0 Å². The first kappa shape index (κ1) is 18.6. The van der Waals surface area contributed by atoms with Crippen LogP contribution in [0.25, 0.3) is 0 Å². The van der Waals surface area contributed by atoms with Crippen LogP contribution in [0.3, 0.4) is 0 Å². The molecule has 2 heterocycles. The SMILES string of the molecule is N=C(N)c1ccc(N2CCN([C@H]3CC[C@@](O)(CC(=O)O)CC3)CC2)cn1. The van der Waals surface area contributed by atoms with Gasteiger partial charge in [-0.15, -0.1) is 0 Å². The lowest BCUT2D eigenvalue weighted by Crippen LogP contribution is -2.52. The average molecular weight is 361 g/mol. The summed E-state index contributed by atoms with van der Waals surface area (Å²) in [6, 6.07) is 4.14. The van der Waals surface area contributed by atoms with E-state index < -0.39 is 11.6 Å². The second kappa shape index (κ2) is 7.59. The van der Waals surface area contributed by atoms with Crippen molar-refractivity contribution in [1.29, 1.82) is 5.41 Å². The number of pyridine rings is 1. The van der Waals surface area contributed by atoms with Gasteiger partial charge in [-0.2, -0.15) is 0 Å². The topological polar surface area (TPSA) is 127 Å². The fraction of sp³-hybridized carbons (Fsp3) is 0.611. The van der Waals surface area contributed by atoms with Gasteiger partial charge in [-0.05, 0) is 37.8 Å². The molecule has 3 rings (SSSR count). The van der Waals surface area contributed by atoms with Gasteiger partial charge in [-0.25, -0.2) is 0 Å². The van der Waals surface area contributed by atoms with Gasteiger partial charge < -0.3 is 20.8 Å². The predicted molar refractivity (Wildman–Crippen MR) is 98.5 cm³/mol. The summed E-state index contributed by atoms with van der Waals surface area (Å²) in [5, 5.41) is 26.7. The first-order chi connectivity index (χ1) is 12.4. The van der Waals surface area contributed by atoms with Gasteiger partial charge in [0.1, 0.15) is 11.5 Å². The molecule has 1 aliphatic carbocycles. The van der Waals surface area contributed by atoms with Gasteiger partial charge in [0.2, 0.25) is 0 Å². The Labute approximate surface area is 153 Å². The van der Waals surface area contributed by atoms with Gasteiger partial charge in [0.25, 0.3) is 0 Å². The minimum absolute atomic E-state index is 0.0264. The third-order valence-electron chi connectivity index (χ3n) is 5.59. The van der Waals surface area contributed by atoms with E-state index in [0.717, 1.165) is 44.7 Å². The molecule has 0 spiro atoms.